The van der Waals surface area contributed by atoms with Gasteiger partial charge in [-0.15, -0.1) is 0 Å². The summed E-state index contributed by atoms with van der Waals surface area (Å²) in [6.07, 6.45) is 0. The van der Waals surface area contributed by atoms with Crippen LogP contribution in [0.4, 0.5) is 0 Å². The summed E-state index contributed by atoms with van der Waals surface area (Å²) in [5.74, 6) is 0.281. The van der Waals surface area contributed by atoms with Crippen LogP contribution in [0.25, 0.3) is 33.2 Å². The summed E-state index contributed by atoms with van der Waals surface area (Å²) < 4.78 is 6.67. The Morgan fingerprint density at radius 2 is 1.74 bits per heavy atom. The van der Waals surface area contributed by atoms with Crippen molar-refractivity contribution in [3.05, 3.63) is 88.2 Å². The molecule has 0 radical (unpaired) electrons. The minimum Gasteiger partial charge on any atom is -0.468 e. The molecule has 0 aliphatic carbocycles. The van der Waals surface area contributed by atoms with Crippen molar-refractivity contribution in [1.29, 1.82) is 0 Å². The van der Waals surface area contributed by atoms with E-state index in [2.05, 4.69) is 5.32 Å². The molecule has 4 aromatic rings. The highest BCUT2D eigenvalue weighted by Gasteiger charge is 2.16. The fourth-order valence-electron chi connectivity index (χ4n) is 3.92. The second-order valence-corrected chi connectivity index (χ2v) is 8.69. The van der Waals surface area contributed by atoms with Crippen LogP contribution in [0.1, 0.15) is 13.8 Å². The van der Waals surface area contributed by atoms with Gasteiger partial charge in [-0.1, -0.05) is 48.0 Å². The molecule has 1 heterocycles. The maximum atomic E-state index is 13.7. The Bertz CT molecular complexity index is 1410. The average molecular weight is 477 g/mol. The molecule has 0 fully saturated rings. The molecular formula is C27H25ClN2O4. The van der Waals surface area contributed by atoms with E-state index in [4.69, 9.17) is 21.4 Å². The first-order valence-corrected chi connectivity index (χ1v) is 11.3. The Hall–Kier alpha value is -3.61. The van der Waals surface area contributed by atoms with Crippen LogP contribution < -0.4 is 15.6 Å². The van der Waals surface area contributed by atoms with Crippen LogP contribution in [-0.2, 0) is 11.3 Å². The van der Waals surface area contributed by atoms with Gasteiger partial charge in [-0.05, 0) is 72.3 Å². The van der Waals surface area contributed by atoms with Crippen molar-refractivity contribution in [2.24, 2.45) is 0 Å². The number of aliphatic hydroxyl groups is 1. The van der Waals surface area contributed by atoms with Gasteiger partial charge in [-0.2, -0.15) is 0 Å². The molecule has 7 heteroatoms. The molecule has 0 atom stereocenters. The van der Waals surface area contributed by atoms with E-state index >= 15 is 0 Å². The van der Waals surface area contributed by atoms with E-state index in [0.29, 0.717) is 21.9 Å². The predicted octanol–water partition coefficient (Wildman–Crippen LogP) is 4.84. The number of halogens is 1. The third kappa shape index (κ3) is 5.14. The van der Waals surface area contributed by atoms with Crippen LogP contribution >= 0.6 is 11.6 Å². The Labute approximate surface area is 202 Å². The first-order chi connectivity index (χ1) is 16.4. The smallest absolute Gasteiger partial charge is 0.259 e. The van der Waals surface area contributed by atoms with Gasteiger partial charge in [0.2, 0.25) is 5.91 Å². The van der Waals surface area contributed by atoms with Gasteiger partial charge < -0.3 is 15.2 Å². The van der Waals surface area contributed by atoms with Crippen molar-refractivity contribution in [3.8, 4) is 28.1 Å². The number of aliphatic hydroxyl groups excluding tert-OH is 1. The van der Waals surface area contributed by atoms with Gasteiger partial charge in [0, 0.05) is 16.5 Å². The number of aromatic nitrogens is 1. The minimum absolute atomic E-state index is 0.0432. The summed E-state index contributed by atoms with van der Waals surface area (Å²) in [7, 11) is 0. The zero-order valence-corrected chi connectivity index (χ0v) is 19.7. The number of benzene rings is 3. The van der Waals surface area contributed by atoms with Crippen LogP contribution in [0.2, 0.25) is 5.02 Å². The Kier molecular flexibility index (Phi) is 7.01. The predicted molar refractivity (Wildman–Crippen MR) is 135 cm³/mol. The molecule has 1 amide bonds. The third-order valence-electron chi connectivity index (χ3n) is 5.38. The lowest BCUT2D eigenvalue weighted by Crippen LogP contribution is -2.36. The largest absolute Gasteiger partial charge is 0.468 e. The standard InChI is InChI=1S/C27H25ClN2O4/c1-17(2)29-26(32)15-30-25(21-6-3-7-22(28)11-21)14-20-10-9-19(13-24(20)27(30)33)18-5-4-8-23(12-18)34-16-31/h3-14,17,31H,15-16H2,1-2H3,(H,29,32). The van der Waals surface area contributed by atoms with E-state index in [0.717, 1.165) is 22.1 Å². The number of hydrogen-bond acceptors (Lipinski definition) is 4. The minimum atomic E-state index is -0.420. The second-order valence-electron chi connectivity index (χ2n) is 8.26. The number of fused-ring (bicyclic) bond motifs is 1. The van der Waals surface area contributed by atoms with Gasteiger partial charge in [0.05, 0.1) is 5.69 Å². The number of amides is 1. The van der Waals surface area contributed by atoms with Crippen LogP contribution in [0.5, 0.6) is 5.75 Å². The van der Waals surface area contributed by atoms with Crippen LogP contribution in [0.3, 0.4) is 0 Å². The zero-order chi connectivity index (χ0) is 24.2. The van der Waals surface area contributed by atoms with E-state index in [9.17, 15) is 9.59 Å². The Morgan fingerprint density at radius 3 is 2.47 bits per heavy atom. The number of nitrogens with zero attached hydrogens (tertiary/aromatic N) is 1. The van der Waals surface area contributed by atoms with Crippen molar-refractivity contribution >= 4 is 28.3 Å². The maximum Gasteiger partial charge on any atom is 0.259 e. The van der Waals surface area contributed by atoms with E-state index in [1.807, 2.05) is 62.4 Å². The van der Waals surface area contributed by atoms with E-state index in [-0.39, 0.29) is 24.1 Å². The fourth-order valence-corrected chi connectivity index (χ4v) is 4.11. The molecule has 3 aromatic carbocycles. The molecule has 0 saturated heterocycles. The number of carbonyl (C=O) groups is 1. The van der Waals surface area contributed by atoms with Gasteiger partial charge >= 0.3 is 0 Å². The van der Waals surface area contributed by atoms with Gasteiger partial charge in [0.25, 0.3) is 5.56 Å². The molecule has 0 aliphatic rings. The van der Waals surface area contributed by atoms with Gasteiger partial charge in [-0.3, -0.25) is 14.2 Å². The molecule has 0 saturated carbocycles. The Morgan fingerprint density at radius 1 is 1.00 bits per heavy atom. The van der Waals surface area contributed by atoms with Gasteiger partial charge in [-0.25, -0.2) is 0 Å². The third-order valence-corrected chi connectivity index (χ3v) is 5.62. The summed E-state index contributed by atoms with van der Waals surface area (Å²) in [5, 5.41) is 13.7. The first-order valence-electron chi connectivity index (χ1n) is 10.9. The molecule has 4 rings (SSSR count). The fraction of sp³-hybridized carbons (Fsp3) is 0.185. The highest BCUT2D eigenvalue weighted by atomic mass is 35.5. The second kappa shape index (κ2) is 10.1. The topological polar surface area (TPSA) is 80.6 Å². The van der Waals surface area contributed by atoms with Crippen molar-refractivity contribution in [2.75, 3.05) is 6.79 Å². The lowest BCUT2D eigenvalue weighted by molar-refractivity contribution is -0.122. The lowest BCUT2D eigenvalue weighted by Gasteiger charge is -2.16. The molecule has 34 heavy (non-hydrogen) atoms. The molecular weight excluding hydrogens is 452 g/mol. The molecule has 0 unspecified atom stereocenters. The summed E-state index contributed by atoms with van der Waals surface area (Å²) in [5.41, 5.74) is 2.76. The molecule has 0 aliphatic heterocycles. The number of carbonyl (C=O) groups excluding carboxylic acids is 1. The number of nitrogens with one attached hydrogen (secondary N) is 1. The van der Waals surface area contributed by atoms with E-state index in [1.54, 1.807) is 24.3 Å². The number of hydrogen-bond donors (Lipinski definition) is 2. The molecule has 1 aromatic heterocycles. The first kappa shape index (κ1) is 23.5. The number of ether oxygens (including phenoxy) is 1. The van der Waals surface area contributed by atoms with Crippen molar-refractivity contribution < 1.29 is 14.6 Å². The van der Waals surface area contributed by atoms with E-state index in [1.165, 1.54) is 4.57 Å². The highest BCUT2D eigenvalue weighted by Crippen LogP contribution is 2.29. The SMILES string of the molecule is CC(C)NC(=O)Cn1c(-c2cccc(Cl)c2)cc2ccc(-c3cccc(OCO)c3)cc2c1=O. The average Bonchev–Trinajstić information content (AvgIpc) is 2.80. The van der Waals surface area contributed by atoms with Crippen molar-refractivity contribution in [3.63, 3.8) is 0 Å². The van der Waals surface area contributed by atoms with Crippen molar-refractivity contribution in [2.45, 2.75) is 26.4 Å². The van der Waals surface area contributed by atoms with Crippen LogP contribution in [-0.4, -0.2) is 28.4 Å². The summed E-state index contributed by atoms with van der Waals surface area (Å²) in [6.45, 7) is 3.22. The molecule has 2 N–H and O–H groups in total. The van der Waals surface area contributed by atoms with E-state index < -0.39 is 6.79 Å². The number of rotatable bonds is 7. The van der Waals surface area contributed by atoms with Crippen molar-refractivity contribution in [1.82, 2.24) is 9.88 Å². The van der Waals surface area contributed by atoms with Gasteiger partial charge in [0.1, 0.15) is 12.3 Å². The highest BCUT2D eigenvalue weighted by molar-refractivity contribution is 6.30. The molecule has 0 bridgehead atoms. The molecule has 174 valence electrons. The van der Waals surface area contributed by atoms with Crippen LogP contribution in [0.15, 0.2) is 77.6 Å². The number of pyridine rings is 1. The quantitative estimate of drug-likeness (QED) is 0.374. The zero-order valence-electron chi connectivity index (χ0n) is 18.9. The summed E-state index contributed by atoms with van der Waals surface area (Å²) in [4.78, 5) is 26.3. The van der Waals surface area contributed by atoms with Crippen LogP contribution in [0, 0.1) is 0 Å². The summed E-state index contributed by atoms with van der Waals surface area (Å²) >= 11 is 6.21. The molecule has 6 nitrogen and oxygen atoms in total. The lowest BCUT2D eigenvalue weighted by atomic mass is 10.00. The normalized spacial score (nSPS) is 11.1. The Balaban J connectivity index is 1.88. The summed E-state index contributed by atoms with van der Waals surface area (Å²) in [6, 6.07) is 22.0. The van der Waals surface area contributed by atoms with Gasteiger partial charge in [0.15, 0.2) is 6.79 Å². The maximum absolute atomic E-state index is 13.7. The monoisotopic (exact) mass is 476 g/mol. The molecule has 0 spiro atoms.